The number of hydrogen-bond donors (Lipinski definition) is 2. The SMILES string of the molecule is COCCCOCCC(=O)Nc1ccc(N)cc1C. The summed E-state index contributed by atoms with van der Waals surface area (Å²) in [6.07, 6.45) is 1.19. The second-order valence-corrected chi connectivity index (χ2v) is 4.33. The minimum atomic E-state index is -0.0559. The van der Waals surface area contributed by atoms with E-state index in [1.54, 1.807) is 13.2 Å². The van der Waals surface area contributed by atoms with Crippen molar-refractivity contribution < 1.29 is 14.3 Å². The predicted molar refractivity (Wildman–Crippen MR) is 76.2 cm³/mol. The molecule has 3 N–H and O–H groups in total. The maximum atomic E-state index is 11.7. The number of rotatable bonds is 8. The van der Waals surface area contributed by atoms with E-state index in [0.717, 1.165) is 17.7 Å². The molecular weight excluding hydrogens is 244 g/mol. The van der Waals surface area contributed by atoms with Crippen molar-refractivity contribution in [2.75, 3.05) is 38.0 Å². The summed E-state index contributed by atoms with van der Waals surface area (Å²) in [5, 5.41) is 2.84. The molecule has 0 atom stereocenters. The number of carbonyl (C=O) groups excluding carboxylic acids is 1. The van der Waals surface area contributed by atoms with Crippen LogP contribution in [0.15, 0.2) is 18.2 Å². The molecule has 1 rings (SSSR count). The van der Waals surface area contributed by atoms with E-state index in [1.165, 1.54) is 0 Å². The number of benzene rings is 1. The molecule has 0 aromatic heterocycles. The Kier molecular flexibility index (Phi) is 6.92. The van der Waals surface area contributed by atoms with Crippen LogP contribution in [0.2, 0.25) is 0 Å². The van der Waals surface area contributed by atoms with E-state index in [2.05, 4.69) is 5.32 Å². The lowest BCUT2D eigenvalue weighted by molar-refractivity contribution is -0.117. The zero-order valence-corrected chi connectivity index (χ0v) is 11.6. The zero-order chi connectivity index (χ0) is 14.1. The van der Waals surface area contributed by atoms with Gasteiger partial charge in [0.15, 0.2) is 0 Å². The van der Waals surface area contributed by atoms with Crippen LogP contribution in [0.25, 0.3) is 0 Å². The van der Waals surface area contributed by atoms with Gasteiger partial charge in [0.05, 0.1) is 13.0 Å². The third-order valence-electron chi connectivity index (χ3n) is 2.64. The van der Waals surface area contributed by atoms with Crippen LogP contribution in [0.5, 0.6) is 0 Å². The van der Waals surface area contributed by atoms with E-state index in [1.807, 2.05) is 19.1 Å². The monoisotopic (exact) mass is 266 g/mol. The van der Waals surface area contributed by atoms with Crippen molar-refractivity contribution in [1.82, 2.24) is 0 Å². The van der Waals surface area contributed by atoms with Gasteiger partial charge in [-0.3, -0.25) is 4.79 Å². The van der Waals surface area contributed by atoms with Gasteiger partial charge in [-0.1, -0.05) is 0 Å². The number of anilines is 2. The maximum Gasteiger partial charge on any atom is 0.226 e. The van der Waals surface area contributed by atoms with E-state index >= 15 is 0 Å². The number of nitrogens with two attached hydrogens (primary N) is 1. The van der Waals surface area contributed by atoms with Gasteiger partial charge in [-0.25, -0.2) is 0 Å². The molecule has 0 saturated carbocycles. The topological polar surface area (TPSA) is 73.6 Å². The van der Waals surface area contributed by atoms with Crippen molar-refractivity contribution in [1.29, 1.82) is 0 Å². The van der Waals surface area contributed by atoms with Crippen LogP contribution in [-0.4, -0.2) is 32.8 Å². The van der Waals surface area contributed by atoms with Gasteiger partial charge in [0.25, 0.3) is 0 Å². The third-order valence-corrected chi connectivity index (χ3v) is 2.64. The molecule has 5 nitrogen and oxygen atoms in total. The maximum absolute atomic E-state index is 11.7. The highest BCUT2D eigenvalue weighted by atomic mass is 16.5. The van der Waals surface area contributed by atoms with Crippen molar-refractivity contribution in [3.8, 4) is 0 Å². The molecular formula is C14H22N2O3. The van der Waals surface area contributed by atoms with Crippen molar-refractivity contribution in [2.45, 2.75) is 19.8 Å². The molecule has 1 amide bonds. The summed E-state index contributed by atoms with van der Waals surface area (Å²) in [6, 6.07) is 5.41. The highest BCUT2D eigenvalue weighted by molar-refractivity contribution is 5.91. The predicted octanol–water partition coefficient (Wildman–Crippen LogP) is 1.96. The lowest BCUT2D eigenvalue weighted by atomic mass is 10.2. The number of amides is 1. The van der Waals surface area contributed by atoms with Gasteiger partial charge in [-0.05, 0) is 37.1 Å². The summed E-state index contributed by atoms with van der Waals surface area (Å²) < 4.78 is 10.2. The Hall–Kier alpha value is -1.59. The van der Waals surface area contributed by atoms with Crippen molar-refractivity contribution in [3.05, 3.63) is 23.8 Å². The minimum absolute atomic E-state index is 0.0559. The Labute approximate surface area is 114 Å². The molecule has 1 aromatic carbocycles. The van der Waals surface area contributed by atoms with Crippen molar-refractivity contribution in [2.24, 2.45) is 0 Å². The van der Waals surface area contributed by atoms with Crippen molar-refractivity contribution >= 4 is 17.3 Å². The lowest BCUT2D eigenvalue weighted by Gasteiger charge is -2.09. The van der Waals surface area contributed by atoms with Crippen LogP contribution in [0.3, 0.4) is 0 Å². The molecule has 0 spiro atoms. The van der Waals surface area contributed by atoms with Gasteiger partial charge in [-0.15, -0.1) is 0 Å². The molecule has 0 aliphatic heterocycles. The molecule has 0 heterocycles. The first-order valence-corrected chi connectivity index (χ1v) is 6.36. The summed E-state index contributed by atoms with van der Waals surface area (Å²) in [4.78, 5) is 11.7. The fourth-order valence-electron chi connectivity index (χ4n) is 1.61. The van der Waals surface area contributed by atoms with E-state index in [0.29, 0.717) is 31.9 Å². The Balaban J connectivity index is 2.23. The Bertz CT molecular complexity index is 408. The summed E-state index contributed by atoms with van der Waals surface area (Å²) in [6.45, 7) is 3.62. The largest absolute Gasteiger partial charge is 0.399 e. The quantitative estimate of drug-likeness (QED) is 0.557. The van der Waals surface area contributed by atoms with Crippen LogP contribution in [-0.2, 0) is 14.3 Å². The average Bonchev–Trinajstić information content (AvgIpc) is 2.37. The summed E-state index contributed by atoms with van der Waals surface area (Å²) >= 11 is 0. The van der Waals surface area contributed by atoms with E-state index < -0.39 is 0 Å². The molecule has 1 aromatic rings. The highest BCUT2D eigenvalue weighted by Gasteiger charge is 2.04. The summed E-state index contributed by atoms with van der Waals surface area (Å²) in [5.74, 6) is -0.0559. The molecule has 0 aliphatic rings. The third kappa shape index (κ3) is 6.22. The molecule has 0 unspecified atom stereocenters. The molecule has 0 radical (unpaired) electrons. The smallest absolute Gasteiger partial charge is 0.226 e. The summed E-state index contributed by atoms with van der Waals surface area (Å²) in [7, 11) is 1.66. The first-order chi connectivity index (χ1) is 9.13. The number of carbonyl (C=O) groups is 1. The first kappa shape index (κ1) is 15.5. The number of nitrogen functional groups attached to an aromatic ring is 1. The second-order valence-electron chi connectivity index (χ2n) is 4.33. The fourth-order valence-corrected chi connectivity index (χ4v) is 1.61. The average molecular weight is 266 g/mol. The highest BCUT2D eigenvalue weighted by Crippen LogP contribution is 2.17. The normalized spacial score (nSPS) is 10.4. The fraction of sp³-hybridized carbons (Fsp3) is 0.500. The Morgan fingerprint density at radius 1 is 1.32 bits per heavy atom. The number of nitrogens with one attached hydrogen (secondary N) is 1. The van der Waals surface area contributed by atoms with E-state index in [-0.39, 0.29) is 5.91 Å². The Morgan fingerprint density at radius 3 is 2.79 bits per heavy atom. The van der Waals surface area contributed by atoms with Gasteiger partial charge in [0, 0.05) is 31.7 Å². The molecule has 0 saturated heterocycles. The van der Waals surface area contributed by atoms with E-state index in [9.17, 15) is 4.79 Å². The van der Waals surface area contributed by atoms with Crippen LogP contribution in [0.1, 0.15) is 18.4 Å². The van der Waals surface area contributed by atoms with Crippen LogP contribution in [0.4, 0.5) is 11.4 Å². The number of aryl methyl sites for hydroxylation is 1. The minimum Gasteiger partial charge on any atom is -0.399 e. The number of hydrogen-bond acceptors (Lipinski definition) is 4. The van der Waals surface area contributed by atoms with Crippen molar-refractivity contribution in [3.63, 3.8) is 0 Å². The molecule has 106 valence electrons. The Morgan fingerprint density at radius 2 is 2.11 bits per heavy atom. The van der Waals surface area contributed by atoms with Crippen LogP contribution < -0.4 is 11.1 Å². The van der Waals surface area contributed by atoms with Gasteiger partial charge in [0.2, 0.25) is 5.91 Å². The second kappa shape index (κ2) is 8.50. The molecule has 0 bridgehead atoms. The first-order valence-electron chi connectivity index (χ1n) is 6.36. The number of ether oxygens (including phenoxy) is 2. The molecule has 5 heteroatoms. The zero-order valence-electron chi connectivity index (χ0n) is 11.6. The molecule has 0 fully saturated rings. The number of methoxy groups -OCH3 is 1. The standard InChI is InChI=1S/C14H22N2O3/c1-11-10-12(15)4-5-13(11)16-14(17)6-9-19-8-3-7-18-2/h4-5,10H,3,6-9,15H2,1-2H3,(H,16,17). The van der Waals surface area contributed by atoms with Gasteiger partial charge >= 0.3 is 0 Å². The van der Waals surface area contributed by atoms with E-state index in [4.69, 9.17) is 15.2 Å². The molecule has 19 heavy (non-hydrogen) atoms. The lowest BCUT2D eigenvalue weighted by Crippen LogP contribution is -2.15. The molecule has 0 aliphatic carbocycles. The van der Waals surface area contributed by atoms with Gasteiger partial charge < -0.3 is 20.5 Å². The summed E-state index contributed by atoms with van der Waals surface area (Å²) in [5.41, 5.74) is 8.09. The van der Waals surface area contributed by atoms with Gasteiger partial charge in [-0.2, -0.15) is 0 Å². The van der Waals surface area contributed by atoms with Crippen LogP contribution in [0, 0.1) is 6.92 Å². The van der Waals surface area contributed by atoms with Gasteiger partial charge in [0.1, 0.15) is 0 Å². The van der Waals surface area contributed by atoms with Crippen LogP contribution >= 0.6 is 0 Å².